The van der Waals surface area contributed by atoms with Crippen LogP contribution >= 0.6 is 12.4 Å². The van der Waals surface area contributed by atoms with E-state index in [2.05, 4.69) is 15.6 Å². The third-order valence-electron chi connectivity index (χ3n) is 8.71. The number of hydrazine groups is 1. The summed E-state index contributed by atoms with van der Waals surface area (Å²) in [7, 11) is 1.98. The van der Waals surface area contributed by atoms with Crippen molar-refractivity contribution in [2.45, 2.75) is 19.3 Å². The molecule has 0 aromatic heterocycles. The number of hydrogen-bond donors (Lipinski definition) is 2. The van der Waals surface area contributed by atoms with Gasteiger partial charge in [-0.2, -0.15) is 0 Å². The van der Waals surface area contributed by atoms with Gasteiger partial charge in [0.25, 0.3) is 23.6 Å². The van der Waals surface area contributed by atoms with Gasteiger partial charge in [0, 0.05) is 73.2 Å². The van der Waals surface area contributed by atoms with Crippen molar-refractivity contribution >= 4 is 47.1 Å². The number of nitrogens with one attached hydrogen (secondary N) is 2. The monoisotopic (exact) mass is 685 g/mol. The van der Waals surface area contributed by atoms with Crippen molar-refractivity contribution in [2.24, 2.45) is 0 Å². The van der Waals surface area contributed by atoms with Gasteiger partial charge in [0.15, 0.2) is 0 Å². The highest BCUT2D eigenvalue weighted by atomic mass is 35.5. The minimum Gasteiger partial charge on any atom is -0.322 e. The van der Waals surface area contributed by atoms with E-state index in [4.69, 9.17) is 0 Å². The van der Waals surface area contributed by atoms with E-state index < -0.39 is 29.7 Å². The average molecular weight is 686 g/mol. The fraction of sp³-hybridized carbons (Fsp3) is 0.237. The summed E-state index contributed by atoms with van der Waals surface area (Å²) in [6, 6.07) is 28.0. The van der Waals surface area contributed by atoms with Gasteiger partial charge in [0.2, 0.25) is 0 Å². The molecule has 0 aliphatic carbocycles. The zero-order valence-electron chi connectivity index (χ0n) is 27.3. The predicted molar refractivity (Wildman–Crippen MR) is 191 cm³/mol. The van der Waals surface area contributed by atoms with Crippen molar-refractivity contribution in [3.05, 3.63) is 125 Å². The number of carbonyl (C=O) groups excluding carboxylic acids is 3. The first-order valence-electron chi connectivity index (χ1n) is 15.9. The number of anilines is 2. The van der Waals surface area contributed by atoms with E-state index in [9.17, 15) is 14.4 Å². The van der Waals surface area contributed by atoms with Gasteiger partial charge < -0.3 is 15.1 Å². The second kappa shape index (κ2) is 15.1. The Morgan fingerprint density at radius 3 is 2.18 bits per heavy atom. The maximum Gasteiger partial charge on any atom is 0.275 e. The molecule has 0 radical (unpaired) electrons. The lowest BCUT2D eigenvalue weighted by molar-refractivity contribution is -0.121. The standard InChI is InChI=1S/C38H37F2N5O3.ClH/c1-26-8-7-9-28(24-26)30-10-3-4-11-31(30)36(47)41-29-16-14-27(15-17-29)37(48)45-19-18-38(39,40)33(32-12-5-6-13-34(32)45)25-35(46)42-44-22-20-43(2)21-23-44;/h3-17,24-25H,18-23H2,1-2H3,(H,41,47)(H,42,46);1H/b33-25-;. The van der Waals surface area contributed by atoms with Crippen LogP contribution in [-0.4, -0.2) is 73.3 Å². The summed E-state index contributed by atoms with van der Waals surface area (Å²) in [4.78, 5) is 43.5. The molecule has 4 aromatic rings. The van der Waals surface area contributed by atoms with Crippen LogP contribution < -0.4 is 15.6 Å². The summed E-state index contributed by atoms with van der Waals surface area (Å²) >= 11 is 0. The maximum atomic E-state index is 15.7. The Morgan fingerprint density at radius 2 is 1.47 bits per heavy atom. The van der Waals surface area contributed by atoms with Crippen LogP contribution in [0, 0.1) is 6.92 Å². The van der Waals surface area contributed by atoms with Crippen LogP contribution in [0.5, 0.6) is 0 Å². The third kappa shape index (κ3) is 8.05. The molecule has 49 heavy (non-hydrogen) atoms. The van der Waals surface area contributed by atoms with Crippen LogP contribution in [0.25, 0.3) is 16.7 Å². The molecule has 0 unspecified atom stereocenters. The highest BCUT2D eigenvalue weighted by molar-refractivity contribution is 6.11. The van der Waals surface area contributed by atoms with Gasteiger partial charge in [-0.3, -0.25) is 19.8 Å². The first-order chi connectivity index (χ1) is 23.1. The van der Waals surface area contributed by atoms with Crippen LogP contribution in [0.1, 0.15) is 38.3 Å². The predicted octanol–water partition coefficient (Wildman–Crippen LogP) is 6.68. The first-order valence-corrected chi connectivity index (χ1v) is 15.9. The van der Waals surface area contributed by atoms with Crippen LogP contribution in [0.2, 0.25) is 0 Å². The minimum absolute atomic E-state index is 0. The molecule has 6 rings (SSSR count). The largest absolute Gasteiger partial charge is 0.322 e. The topological polar surface area (TPSA) is 85.0 Å². The van der Waals surface area contributed by atoms with Crippen molar-refractivity contribution < 1.29 is 23.2 Å². The van der Waals surface area contributed by atoms with Crippen LogP contribution in [-0.2, 0) is 4.79 Å². The quantitative estimate of drug-likeness (QED) is 0.221. The Kier molecular flexibility index (Phi) is 10.9. The lowest BCUT2D eigenvalue weighted by Crippen LogP contribution is -2.52. The van der Waals surface area contributed by atoms with Gasteiger partial charge in [-0.25, -0.2) is 13.8 Å². The molecule has 0 atom stereocenters. The second-order valence-corrected chi connectivity index (χ2v) is 12.2. The molecule has 0 saturated carbocycles. The Morgan fingerprint density at radius 1 is 0.796 bits per heavy atom. The molecular weight excluding hydrogens is 648 g/mol. The normalized spacial score (nSPS) is 17.0. The van der Waals surface area contributed by atoms with Crippen molar-refractivity contribution in [3.8, 4) is 11.1 Å². The van der Waals surface area contributed by atoms with Crippen LogP contribution in [0.15, 0.2) is 103 Å². The zero-order valence-corrected chi connectivity index (χ0v) is 28.1. The Labute approximate surface area is 290 Å². The van der Waals surface area contributed by atoms with E-state index in [1.165, 1.54) is 11.0 Å². The van der Waals surface area contributed by atoms with Crippen molar-refractivity contribution in [3.63, 3.8) is 0 Å². The van der Waals surface area contributed by atoms with Gasteiger partial charge in [-0.1, -0.05) is 66.2 Å². The molecule has 2 N–H and O–H groups in total. The fourth-order valence-corrected chi connectivity index (χ4v) is 6.07. The van der Waals surface area contributed by atoms with Crippen molar-refractivity contribution in [1.82, 2.24) is 15.3 Å². The van der Waals surface area contributed by atoms with E-state index in [1.807, 2.05) is 50.4 Å². The van der Waals surface area contributed by atoms with E-state index in [-0.39, 0.29) is 36.0 Å². The summed E-state index contributed by atoms with van der Waals surface area (Å²) in [6.45, 7) is 4.42. The number of hydrogen-bond acceptors (Lipinski definition) is 5. The highest BCUT2D eigenvalue weighted by Crippen LogP contribution is 2.43. The number of carbonyl (C=O) groups is 3. The number of aryl methyl sites for hydroxylation is 1. The van der Waals surface area contributed by atoms with Crippen molar-refractivity contribution in [2.75, 3.05) is 50.0 Å². The lowest BCUT2D eigenvalue weighted by atomic mass is 9.97. The SMILES string of the molecule is Cc1cccc(-c2ccccc2C(=O)Nc2ccc(C(=O)N3CCC(F)(F)/C(=C\C(=O)NN4CCN(C)CC4)c4ccccc43)cc2)c1.Cl. The van der Waals surface area contributed by atoms with Crippen LogP contribution in [0.4, 0.5) is 20.2 Å². The summed E-state index contributed by atoms with van der Waals surface area (Å²) in [5.41, 5.74) is 6.78. The van der Waals surface area contributed by atoms with Gasteiger partial charge in [-0.05, 0) is 61.5 Å². The molecule has 11 heteroatoms. The van der Waals surface area contributed by atoms with Gasteiger partial charge in [0.1, 0.15) is 0 Å². The Hall–Kier alpha value is -4.90. The number of fused-ring (bicyclic) bond motifs is 1. The summed E-state index contributed by atoms with van der Waals surface area (Å²) in [6.07, 6.45) is 0.301. The molecule has 254 valence electrons. The number of rotatable bonds is 6. The van der Waals surface area contributed by atoms with Crippen molar-refractivity contribution in [1.29, 1.82) is 0 Å². The number of halogens is 3. The van der Waals surface area contributed by atoms with Gasteiger partial charge in [0.05, 0.1) is 5.69 Å². The number of alkyl halides is 2. The summed E-state index contributed by atoms with van der Waals surface area (Å²) < 4.78 is 31.3. The molecule has 0 spiro atoms. The third-order valence-corrected chi connectivity index (χ3v) is 8.71. The summed E-state index contributed by atoms with van der Waals surface area (Å²) in [5, 5.41) is 4.63. The number of para-hydroxylation sites is 1. The van der Waals surface area contributed by atoms with E-state index in [0.29, 0.717) is 30.0 Å². The van der Waals surface area contributed by atoms with E-state index >= 15 is 8.78 Å². The Balaban J connectivity index is 0.00000468. The van der Waals surface area contributed by atoms with Gasteiger partial charge >= 0.3 is 0 Å². The average Bonchev–Trinajstić information content (AvgIpc) is 3.19. The van der Waals surface area contributed by atoms with Crippen LogP contribution in [0.3, 0.4) is 0 Å². The molecule has 2 aliphatic rings. The number of benzene rings is 4. The fourth-order valence-electron chi connectivity index (χ4n) is 6.07. The number of nitrogens with zero attached hydrogens (tertiary/aromatic N) is 3. The molecule has 2 aliphatic heterocycles. The second-order valence-electron chi connectivity index (χ2n) is 12.2. The molecule has 1 fully saturated rings. The highest BCUT2D eigenvalue weighted by Gasteiger charge is 2.41. The molecule has 1 saturated heterocycles. The smallest absolute Gasteiger partial charge is 0.275 e. The molecule has 4 aromatic carbocycles. The molecule has 8 nitrogen and oxygen atoms in total. The van der Waals surface area contributed by atoms with E-state index in [0.717, 1.165) is 35.9 Å². The molecule has 0 bridgehead atoms. The zero-order chi connectivity index (χ0) is 33.8. The molecule has 3 amide bonds. The summed E-state index contributed by atoms with van der Waals surface area (Å²) in [5.74, 6) is -4.76. The minimum atomic E-state index is -3.35. The molecular formula is C38H38ClF2N5O3. The molecule has 2 heterocycles. The number of allylic oxidation sites excluding steroid dienone is 1. The first kappa shape index (κ1) is 35.4. The Bertz CT molecular complexity index is 1870. The van der Waals surface area contributed by atoms with Gasteiger partial charge in [-0.15, -0.1) is 12.4 Å². The van der Waals surface area contributed by atoms with E-state index in [1.54, 1.807) is 59.6 Å². The number of amides is 3. The number of piperazine rings is 1. The number of likely N-dealkylation sites (N-methyl/N-ethyl adjacent to an activating group) is 1. The maximum absolute atomic E-state index is 15.7. The lowest BCUT2D eigenvalue weighted by Gasteiger charge is -2.32.